The number of aromatic nitrogens is 2. The molecule has 21 heteroatoms. The van der Waals surface area contributed by atoms with Crippen LogP contribution >= 0.6 is 15.6 Å². The zero-order valence-corrected chi connectivity index (χ0v) is 26.2. The Hall–Kier alpha value is 2.78. The predicted molar refractivity (Wildman–Crippen MR) is 70.6 cm³/mol. The summed E-state index contributed by atoms with van der Waals surface area (Å²) in [6, 6.07) is 1.09. The van der Waals surface area contributed by atoms with Gasteiger partial charge in [-0.25, -0.2) is 4.79 Å². The van der Waals surface area contributed by atoms with Crippen molar-refractivity contribution in [3.05, 3.63) is 33.1 Å². The topological polar surface area (TPSA) is 260 Å². The van der Waals surface area contributed by atoms with Gasteiger partial charge in [0, 0.05) is 12.3 Å². The Bertz CT molecular complexity index is 805. The van der Waals surface area contributed by atoms with E-state index in [-0.39, 0.29) is 118 Å². The fourth-order valence-electron chi connectivity index (χ4n) is 1.86. The third-order valence-electron chi connectivity index (χ3n) is 2.84. The van der Waals surface area contributed by atoms with Crippen molar-refractivity contribution in [2.75, 3.05) is 6.61 Å². The minimum atomic E-state index is -5.68. The van der Waals surface area contributed by atoms with Crippen LogP contribution in [0.3, 0.4) is 0 Å². The molecule has 0 saturated carbocycles. The molecule has 1 fully saturated rings. The van der Waals surface area contributed by atoms with Gasteiger partial charge < -0.3 is 53.1 Å². The number of hydrogen-bond acceptors (Lipinski definition) is 13. The first-order chi connectivity index (χ1) is 11.7. The standard InChI is InChI=1S/C9H12N2O6.4Na.H4O7P2/c12-3-4-6(14)7(15)8(17-4)11-2-1-5(13)10-9(11)16;;;;;1-8(2,3)7-9(4,5)6/h1-2,4,6-8,12,14-15H,3H2,(H,10,13,16);;;;;(H2,1,2,3)(H2,4,5,6)/q;4*+1;/p-4/t4-,6-,7-,8-;;;;;/m1...../s1. The van der Waals surface area contributed by atoms with Crippen LogP contribution < -0.4 is 149 Å². The Balaban J connectivity index is -0.000000230. The maximum atomic E-state index is 11.4. The Morgan fingerprint density at radius 1 is 1.03 bits per heavy atom. The summed E-state index contributed by atoms with van der Waals surface area (Å²) in [5, 5.41) is 28.1. The Kier molecular flexibility index (Phi) is 23.0. The molecular weight excluding hydrogens is 498 g/mol. The number of nitrogens with one attached hydrogen (secondary N) is 1. The van der Waals surface area contributed by atoms with Gasteiger partial charge in [-0.3, -0.25) is 14.3 Å². The van der Waals surface area contributed by atoms with Gasteiger partial charge in [-0.2, -0.15) is 0 Å². The summed E-state index contributed by atoms with van der Waals surface area (Å²) in [4.78, 5) is 61.6. The number of aliphatic hydroxyl groups is 3. The van der Waals surface area contributed by atoms with Crippen LogP contribution in [0.5, 0.6) is 0 Å². The second-order valence-corrected chi connectivity index (χ2v) is 7.16. The van der Waals surface area contributed by atoms with Gasteiger partial charge in [0.2, 0.25) is 0 Å². The van der Waals surface area contributed by atoms with Crippen LogP contribution in [0.25, 0.3) is 0 Å². The second-order valence-electron chi connectivity index (χ2n) is 4.72. The van der Waals surface area contributed by atoms with E-state index in [9.17, 15) is 48.5 Å². The molecule has 1 aliphatic rings. The van der Waals surface area contributed by atoms with E-state index >= 15 is 0 Å². The molecule has 0 aromatic carbocycles. The number of rotatable bonds is 4. The van der Waals surface area contributed by atoms with E-state index < -0.39 is 58.0 Å². The Labute approximate surface area is 257 Å². The average Bonchev–Trinajstić information content (AvgIpc) is 2.72. The zero-order valence-electron chi connectivity index (χ0n) is 16.4. The van der Waals surface area contributed by atoms with E-state index in [0.29, 0.717) is 0 Å². The molecule has 2 heterocycles. The van der Waals surface area contributed by atoms with E-state index in [4.69, 9.17) is 9.84 Å². The minimum Gasteiger partial charge on any atom is -0.790 e. The third-order valence-corrected chi connectivity index (χ3v) is 4.44. The van der Waals surface area contributed by atoms with Gasteiger partial charge >= 0.3 is 124 Å². The van der Waals surface area contributed by atoms with Crippen LogP contribution in [-0.4, -0.2) is 49.8 Å². The van der Waals surface area contributed by atoms with Gasteiger partial charge in [-0.05, 0) is 0 Å². The van der Waals surface area contributed by atoms with Crippen molar-refractivity contribution < 1.29 is 171 Å². The first-order valence-corrected chi connectivity index (χ1v) is 9.36. The van der Waals surface area contributed by atoms with E-state index in [1.165, 1.54) is 0 Å². The van der Waals surface area contributed by atoms with Crippen LogP contribution in [0.15, 0.2) is 21.9 Å². The quantitative estimate of drug-likeness (QED) is 0.217. The molecule has 0 aliphatic carbocycles. The molecule has 0 spiro atoms. The van der Waals surface area contributed by atoms with Gasteiger partial charge in [0.05, 0.1) is 22.3 Å². The number of aliphatic hydroxyl groups excluding tert-OH is 3. The first kappa shape index (κ1) is 40.0. The van der Waals surface area contributed by atoms with Crippen molar-refractivity contribution in [2.45, 2.75) is 24.5 Å². The van der Waals surface area contributed by atoms with E-state index in [0.717, 1.165) is 16.8 Å². The van der Waals surface area contributed by atoms with Crippen LogP contribution in [0, 0.1) is 0 Å². The van der Waals surface area contributed by atoms with E-state index in [1.54, 1.807) is 0 Å². The summed E-state index contributed by atoms with van der Waals surface area (Å²) < 4.78 is 27.2. The smallest absolute Gasteiger partial charge is 0.790 e. The third kappa shape index (κ3) is 14.2. The number of aromatic amines is 1. The normalized spacial score (nSPS) is 22.8. The van der Waals surface area contributed by atoms with Crippen molar-refractivity contribution in [1.82, 2.24) is 9.55 Å². The largest absolute Gasteiger partial charge is 1.00 e. The number of hydrogen-bond donors (Lipinski definition) is 4. The van der Waals surface area contributed by atoms with Crippen molar-refractivity contribution >= 4 is 15.6 Å². The molecule has 0 radical (unpaired) electrons. The Morgan fingerprint density at radius 2 is 1.50 bits per heavy atom. The van der Waals surface area contributed by atoms with Gasteiger partial charge in [-0.15, -0.1) is 0 Å². The summed E-state index contributed by atoms with van der Waals surface area (Å²) >= 11 is 0. The predicted octanol–water partition coefficient (Wildman–Crippen LogP) is -18.2. The summed E-state index contributed by atoms with van der Waals surface area (Å²) in [6.07, 6.45) is -3.58. The monoisotopic (exact) mass is 510 g/mol. The second kappa shape index (κ2) is 17.2. The maximum Gasteiger partial charge on any atom is 1.00 e. The average molecular weight is 510 g/mol. The molecular formula is C9H12N2Na4O13P2. The summed E-state index contributed by atoms with van der Waals surface area (Å²) in [5.41, 5.74) is -1.33. The Morgan fingerprint density at radius 3 is 1.80 bits per heavy atom. The molecule has 1 aliphatic heterocycles. The van der Waals surface area contributed by atoms with E-state index in [2.05, 4.69) is 4.31 Å². The number of ether oxygens (including phenoxy) is 1. The number of H-pyrrole nitrogens is 1. The van der Waals surface area contributed by atoms with Gasteiger partial charge in [0.15, 0.2) is 6.23 Å². The molecule has 15 nitrogen and oxygen atoms in total. The van der Waals surface area contributed by atoms with Gasteiger partial charge in [-0.1, -0.05) is 0 Å². The van der Waals surface area contributed by atoms with Crippen LogP contribution in [0.2, 0.25) is 0 Å². The molecule has 2 rings (SSSR count). The molecule has 1 saturated heterocycles. The summed E-state index contributed by atoms with van der Waals surface area (Å²) in [6.45, 7) is -0.479. The van der Waals surface area contributed by atoms with Crippen molar-refractivity contribution in [2.24, 2.45) is 0 Å². The van der Waals surface area contributed by atoms with Crippen LogP contribution in [0.4, 0.5) is 0 Å². The molecule has 4 N–H and O–H groups in total. The van der Waals surface area contributed by atoms with Crippen LogP contribution in [-0.2, 0) is 18.2 Å². The molecule has 0 amide bonds. The van der Waals surface area contributed by atoms with Gasteiger partial charge in [0.25, 0.3) is 5.56 Å². The fourth-order valence-corrected chi connectivity index (χ4v) is 2.84. The van der Waals surface area contributed by atoms with Gasteiger partial charge in [0.1, 0.15) is 18.3 Å². The SMILES string of the molecule is O=P([O-])([O-])OP(=O)([O-])[O-].O=c1ccn([C@@H]2O[C@H](CO)[C@@H](O)[C@H]2O)c(=O)[nH]1.[Na+].[Na+].[Na+].[Na+]. The molecule has 0 unspecified atom stereocenters. The van der Waals surface area contributed by atoms with Crippen molar-refractivity contribution in [3.8, 4) is 0 Å². The number of nitrogens with zero attached hydrogens (tertiary/aromatic N) is 1. The van der Waals surface area contributed by atoms with Crippen LogP contribution in [0.1, 0.15) is 6.23 Å². The summed E-state index contributed by atoms with van der Waals surface area (Å²) in [5.74, 6) is 0. The molecule has 4 atom stereocenters. The number of phosphoric acid groups is 2. The molecule has 30 heavy (non-hydrogen) atoms. The molecule has 1 aromatic heterocycles. The summed E-state index contributed by atoms with van der Waals surface area (Å²) in [7, 11) is -11.4. The zero-order chi connectivity index (χ0) is 20.3. The maximum absolute atomic E-state index is 11.4. The molecule has 1 aromatic rings. The molecule has 150 valence electrons. The van der Waals surface area contributed by atoms with Crippen molar-refractivity contribution in [3.63, 3.8) is 0 Å². The van der Waals surface area contributed by atoms with E-state index in [1.807, 2.05) is 4.98 Å². The fraction of sp³-hybridized carbons (Fsp3) is 0.556. The molecule has 0 bridgehead atoms. The minimum absolute atomic E-state index is 0. The first-order valence-electron chi connectivity index (χ1n) is 6.44. The van der Waals surface area contributed by atoms with Crippen molar-refractivity contribution in [1.29, 1.82) is 0 Å².